The smallest absolute Gasteiger partial charge is 0.261 e. The van der Waals surface area contributed by atoms with Crippen molar-refractivity contribution in [1.29, 1.82) is 0 Å². The fraction of sp³-hybridized carbons (Fsp3) is 0.391. The van der Waals surface area contributed by atoms with E-state index in [-0.39, 0.29) is 9.93 Å². The Hall–Kier alpha value is -2.09. The predicted molar refractivity (Wildman–Crippen MR) is 126 cm³/mol. The summed E-state index contributed by atoms with van der Waals surface area (Å²) >= 11 is 0. The van der Waals surface area contributed by atoms with Crippen LogP contribution in [0.25, 0.3) is 0 Å². The Kier molecular flexibility index (Phi) is 7.22. The molecule has 0 bridgehead atoms. The molecule has 0 radical (unpaired) electrons. The maximum atomic E-state index is 12.9. The molecule has 2 N–H and O–H groups in total. The van der Waals surface area contributed by atoms with E-state index in [0.717, 1.165) is 5.56 Å². The number of anilines is 1. The van der Waals surface area contributed by atoms with Gasteiger partial charge in [-0.05, 0) is 61.8 Å². The van der Waals surface area contributed by atoms with Crippen LogP contribution in [0, 0.1) is 6.92 Å². The lowest BCUT2D eigenvalue weighted by molar-refractivity contribution is 0.182. The zero-order valence-electron chi connectivity index (χ0n) is 18.7. The molecule has 164 valence electrons. The monoisotopic (exact) mass is 447 g/mol. The van der Waals surface area contributed by atoms with Crippen LogP contribution in [0.15, 0.2) is 60.0 Å². The molecule has 30 heavy (non-hydrogen) atoms. The van der Waals surface area contributed by atoms with E-state index in [4.69, 9.17) is 4.43 Å². The highest BCUT2D eigenvalue weighted by Crippen LogP contribution is 2.39. The molecule has 2 aromatic carbocycles. The van der Waals surface area contributed by atoms with Gasteiger partial charge in [0.15, 0.2) is 0 Å². The molecule has 0 amide bonds. The molecule has 0 saturated carbocycles. The Morgan fingerprint density at radius 3 is 2.30 bits per heavy atom. The summed E-state index contributed by atoms with van der Waals surface area (Å²) in [5.74, 6) is 0.623. The van der Waals surface area contributed by atoms with Gasteiger partial charge in [-0.3, -0.25) is 4.72 Å². The summed E-state index contributed by atoms with van der Waals surface area (Å²) in [6.45, 7) is 16.3. The first kappa shape index (κ1) is 24.2. The lowest BCUT2D eigenvalue weighted by Gasteiger charge is -2.36. The van der Waals surface area contributed by atoms with E-state index in [1.807, 2.05) is 6.92 Å². The molecular formula is C23H33NO4SSi. The highest BCUT2D eigenvalue weighted by Gasteiger charge is 2.39. The molecule has 0 spiro atoms. The van der Waals surface area contributed by atoms with Gasteiger partial charge in [-0.15, -0.1) is 6.58 Å². The third-order valence-electron chi connectivity index (χ3n) is 5.53. The standard InChI is InChI=1S/C23H33NO4SSi/c1-8-9-22(25)20-16-18(28-30(6,7)23(3,4)5)12-15-21(20)24-29(26,27)19-13-10-17(2)11-14-19/h8,10-16,22,24-25H,1,9H2,2-7H3. The summed E-state index contributed by atoms with van der Waals surface area (Å²) in [6, 6.07) is 11.7. The van der Waals surface area contributed by atoms with Crippen molar-refractivity contribution in [3.05, 3.63) is 66.2 Å². The molecule has 0 aliphatic heterocycles. The number of hydrogen-bond acceptors (Lipinski definition) is 4. The summed E-state index contributed by atoms with van der Waals surface area (Å²) in [5, 5.41) is 10.6. The van der Waals surface area contributed by atoms with Crippen molar-refractivity contribution >= 4 is 24.0 Å². The summed E-state index contributed by atoms with van der Waals surface area (Å²) < 4.78 is 34.7. The molecule has 2 rings (SSSR count). The molecule has 2 aromatic rings. The van der Waals surface area contributed by atoms with Gasteiger partial charge in [0.1, 0.15) is 5.75 Å². The van der Waals surface area contributed by atoms with Crippen molar-refractivity contribution in [1.82, 2.24) is 0 Å². The van der Waals surface area contributed by atoms with Crippen LogP contribution in [0.2, 0.25) is 18.1 Å². The van der Waals surface area contributed by atoms with Crippen LogP contribution >= 0.6 is 0 Å². The van der Waals surface area contributed by atoms with Gasteiger partial charge >= 0.3 is 0 Å². The van der Waals surface area contributed by atoms with Crippen LogP contribution in [-0.2, 0) is 10.0 Å². The summed E-state index contributed by atoms with van der Waals surface area (Å²) in [6.07, 6.45) is 0.994. The van der Waals surface area contributed by atoms with Crippen LogP contribution in [0.5, 0.6) is 5.75 Å². The highest BCUT2D eigenvalue weighted by molar-refractivity contribution is 7.92. The zero-order valence-corrected chi connectivity index (χ0v) is 20.5. The van der Waals surface area contributed by atoms with Gasteiger partial charge in [0.2, 0.25) is 8.32 Å². The summed E-state index contributed by atoms with van der Waals surface area (Å²) in [5.41, 5.74) is 1.76. The number of benzene rings is 2. The van der Waals surface area contributed by atoms with Crippen molar-refractivity contribution in [2.75, 3.05) is 4.72 Å². The van der Waals surface area contributed by atoms with Crippen molar-refractivity contribution in [2.45, 2.75) is 63.2 Å². The van der Waals surface area contributed by atoms with Crippen LogP contribution < -0.4 is 9.15 Å². The molecule has 0 heterocycles. The summed E-state index contributed by atoms with van der Waals surface area (Å²) in [4.78, 5) is 0.166. The van der Waals surface area contributed by atoms with Crippen LogP contribution in [0.4, 0.5) is 5.69 Å². The van der Waals surface area contributed by atoms with Crippen LogP contribution in [-0.4, -0.2) is 21.8 Å². The largest absolute Gasteiger partial charge is 0.543 e. The first-order valence-electron chi connectivity index (χ1n) is 9.98. The minimum absolute atomic E-state index is 0.0125. The Morgan fingerprint density at radius 1 is 1.17 bits per heavy atom. The molecule has 1 unspecified atom stereocenters. The number of aliphatic hydroxyl groups excluding tert-OH is 1. The van der Waals surface area contributed by atoms with Gasteiger partial charge in [0.25, 0.3) is 10.0 Å². The van der Waals surface area contributed by atoms with E-state index >= 15 is 0 Å². The minimum Gasteiger partial charge on any atom is -0.543 e. The Labute approximate surface area is 182 Å². The first-order chi connectivity index (χ1) is 13.8. The van der Waals surface area contributed by atoms with E-state index in [0.29, 0.717) is 23.4 Å². The lowest BCUT2D eigenvalue weighted by atomic mass is 10.0. The minimum atomic E-state index is -3.79. The Bertz CT molecular complexity index is 993. The van der Waals surface area contributed by atoms with E-state index in [1.165, 1.54) is 0 Å². The zero-order chi connectivity index (χ0) is 22.7. The van der Waals surface area contributed by atoms with Gasteiger partial charge < -0.3 is 9.53 Å². The van der Waals surface area contributed by atoms with E-state index < -0.39 is 24.4 Å². The Morgan fingerprint density at radius 2 is 1.77 bits per heavy atom. The second-order valence-corrected chi connectivity index (χ2v) is 15.5. The molecule has 5 nitrogen and oxygen atoms in total. The van der Waals surface area contributed by atoms with E-state index in [2.05, 4.69) is 45.2 Å². The van der Waals surface area contributed by atoms with Gasteiger partial charge in [-0.25, -0.2) is 8.42 Å². The van der Waals surface area contributed by atoms with Gasteiger partial charge in [-0.2, -0.15) is 0 Å². The Balaban J connectivity index is 2.44. The number of aryl methyl sites for hydroxylation is 1. The van der Waals surface area contributed by atoms with E-state index in [1.54, 1.807) is 48.5 Å². The fourth-order valence-corrected chi connectivity index (χ4v) is 4.74. The lowest BCUT2D eigenvalue weighted by Crippen LogP contribution is -2.43. The number of rotatable bonds is 8. The number of hydrogen-bond donors (Lipinski definition) is 2. The molecular weight excluding hydrogens is 414 g/mol. The molecule has 0 aliphatic rings. The number of aliphatic hydroxyl groups is 1. The second-order valence-electron chi connectivity index (χ2n) is 9.07. The third kappa shape index (κ3) is 5.74. The van der Waals surface area contributed by atoms with Gasteiger partial charge in [-0.1, -0.05) is 44.5 Å². The van der Waals surface area contributed by atoms with Crippen LogP contribution in [0.1, 0.15) is 44.4 Å². The quantitative estimate of drug-likeness (QED) is 0.397. The van der Waals surface area contributed by atoms with Crippen molar-refractivity contribution in [3.63, 3.8) is 0 Å². The molecule has 0 saturated heterocycles. The third-order valence-corrected chi connectivity index (χ3v) is 11.3. The molecule has 0 aromatic heterocycles. The highest BCUT2D eigenvalue weighted by atomic mass is 32.2. The average molecular weight is 448 g/mol. The fourth-order valence-electron chi connectivity index (χ4n) is 2.63. The maximum Gasteiger partial charge on any atom is 0.261 e. The topological polar surface area (TPSA) is 75.6 Å². The number of sulfonamides is 1. The molecule has 0 aliphatic carbocycles. The van der Waals surface area contributed by atoms with Crippen molar-refractivity contribution in [2.24, 2.45) is 0 Å². The first-order valence-corrected chi connectivity index (χ1v) is 14.4. The van der Waals surface area contributed by atoms with Crippen LogP contribution in [0.3, 0.4) is 0 Å². The van der Waals surface area contributed by atoms with Crippen molar-refractivity contribution in [3.8, 4) is 5.75 Å². The van der Waals surface area contributed by atoms with Crippen molar-refractivity contribution < 1.29 is 18.0 Å². The van der Waals surface area contributed by atoms with E-state index in [9.17, 15) is 13.5 Å². The maximum absolute atomic E-state index is 12.9. The normalized spacial score (nSPS) is 13.6. The molecule has 1 atom stereocenters. The second kappa shape index (κ2) is 8.96. The SMILES string of the molecule is C=CCC(O)c1cc(O[Si](C)(C)C(C)(C)C)ccc1NS(=O)(=O)c1ccc(C)cc1. The number of nitrogens with one attached hydrogen (secondary N) is 1. The predicted octanol–water partition coefficient (Wildman–Crippen LogP) is 5.79. The van der Waals surface area contributed by atoms with Gasteiger partial charge in [0.05, 0.1) is 16.7 Å². The van der Waals surface area contributed by atoms with Gasteiger partial charge in [0, 0.05) is 5.56 Å². The average Bonchev–Trinajstić information content (AvgIpc) is 2.62. The summed E-state index contributed by atoms with van der Waals surface area (Å²) in [7, 11) is -5.88. The molecule has 7 heteroatoms. The molecule has 0 fully saturated rings.